The van der Waals surface area contributed by atoms with Crippen LogP contribution in [0.2, 0.25) is 0 Å². The van der Waals surface area contributed by atoms with Crippen LogP contribution in [0.15, 0.2) is 36.5 Å². The fourth-order valence-electron chi connectivity index (χ4n) is 2.89. The summed E-state index contributed by atoms with van der Waals surface area (Å²) in [5, 5.41) is 3.96. The van der Waals surface area contributed by atoms with Crippen molar-refractivity contribution >= 4 is 28.2 Å². The highest BCUT2D eigenvalue weighted by molar-refractivity contribution is 6.08. The lowest BCUT2D eigenvalue weighted by Gasteiger charge is -2.17. The zero-order valence-corrected chi connectivity index (χ0v) is 15.6. The largest absolute Gasteiger partial charge is 0.495 e. The molecule has 0 saturated carbocycles. The molecule has 7 nitrogen and oxygen atoms in total. The number of carbonyl (C=O) groups excluding carboxylic acids is 1. The van der Waals surface area contributed by atoms with Crippen LogP contribution in [-0.2, 0) is 0 Å². The molecule has 0 aliphatic heterocycles. The molecule has 140 valence electrons. The average molecular weight is 367 g/mol. The summed E-state index contributed by atoms with van der Waals surface area (Å²) in [5.41, 5.74) is 8.75. The molecule has 0 fully saturated rings. The Labute approximate surface area is 157 Å². The van der Waals surface area contributed by atoms with Crippen molar-refractivity contribution < 1.29 is 19.0 Å². The zero-order chi connectivity index (χ0) is 19.6. The van der Waals surface area contributed by atoms with E-state index in [2.05, 4.69) is 10.3 Å². The molecule has 0 spiro atoms. The number of hydrogen-bond acceptors (Lipinski definition) is 6. The van der Waals surface area contributed by atoms with E-state index in [-0.39, 0.29) is 5.56 Å². The number of carbonyl (C=O) groups is 1. The van der Waals surface area contributed by atoms with Gasteiger partial charge in [-0.3, -0.25) is 9.78 Å². The molecule has 3 aromatic rings. The fraction of sp³-hybridized carbons (Fsp3) is 0.200. The van der Waals surface area contributed by atoms with Gasteiger partial charge >= 0.3 is 0 Å². The molecular weight excluding hydrogens is 346 g/mol. The summed E-state index contributed by atoms with van der Waals surface area (Å²) in [7, 11) is 4.69. The number of primary amides is 1. The molecule has 1 amide bonds. The molecule has 0 radical (unpaired) electrons. The molecule has 0 aliphatic rings. The van der Waals surface area contributed by atoms with E-state index in [0.29, 0.717) is 39.5 Å². The number of fused-ring (bicyclic) bond motifs is 1. The smallest absolute Gasteiger partial charge is 0.252 e. The van der Waals surface area contributed by atoms with Gasteiger partial charge in [-0.25, -0.2) is 0 Å². The summed E-state index contributed by atoms with van der Waals surface area (Å²) in [5.74, 6) is 1.12. The Hall–Kier alpha value is -3.48. The summed E-state index contributed by atoms with van der Waals surface area (Å²) in [6, 6.07) is 9.23. The third-order valence-corrected chi connectivity index (χ3v) is 4.25. The molecule has 1 aromatic heterocycles. The Bertz CT molecular complexity index is 1020. The van der Waals surface area contributed by atoms with Gasteiger partial charge in [0.15, 0.2) is 11.5 Å². The summed E-state index contributed by atoms with van der Waals surface area (Å²) < 4.78 is 16.2. The number of benzene rings is 2. The van der Waals surface area contributed by atoms with Crippen molar-refractivity contribution in [3.63, 3.8) is 0 Å². The molecule has 0 aliphatic carbocycles. The van der Waals surface area contributed by atoms with Gasteiger partial charge in [-0.2, -0.15) is 0 Å². The second-order valence-electron chi connectivity index (χ2n) is 5.96. The van der Waals surface area contributed by atoms with E-state index in [0.717, 1.165) is 5.56 Å². The van der Waals surface area contributed by atoms with Crippen molar-refractivity contribution in [2.24, 2.45) is 5.73 Å². The van der Waals surface area contributed by atoms with E-state index in [9.17, 15) is 4.79 Å². The van der Waals surface area contributed by atoms with Crippen molar-refractivity contribution in [2.45, 2.75) is 6.92 Å². The highest BCUT2D eigenvalue weighted by Crippen LogP contribution is 2.38. The second kappa shape index (κ2) is 7.41. The number of aryl methyl sites for hydroxylation is 1. The lowest BCUT2D eigenvalue weighted by molar-refractivity contribution is 0.100. The Kier molecular flexibility index (Phi) is 5.03. The first-order chi connectivity index (χ1) is 13.0. The monoisotopic (exact) mass is 367 g/mol. The van der Waals surface area contributed by atoms with Crippen LogP contribution in [0.4, 0.5) is 11.4 Å². The molecular formula is C20H21N3O4. The first-order valence-corrected chi connectivity index (χ1v) is 8.24. The van der Waals surface area contributed by atoms with Gasteiger partial charge in [-0.05, 0) is 30.7 Å². The third kappa shape index (κ3) is 3.44. The number of amides is 1. The lowest BCUT2D eigenvalue weighted by atomic mass is 10.1. The molecule has 1 heterocycles. The van der Waals surface area contributed by atoms with E-state index in [1.807, 2.05) is 25.1 Å². The summed E-state index contributed by atoms with van der Waals surface area (Å²) in [6.45, 7) is 1.97. The number of aromatic nitrogens is 1. The molecule has 0 bridgehead atoms. The van der Waals surface area contributed by atoms with Crippen LogP contribution in [-0.4, -0.2) is 32.2 Å². The number of nitrogens with zero attached hydrogens (tertiary/aromatic N) is 1. The minimum Gasteiger partial charge on any atom is -0.495 e. The maximum atomic E-state index is 12.0. The first-order valence-electron chi connectivity index (χ1n) is 8.24. The van der Waals surface area contributed by atoms with Crippen LogP contribution >= 0.6 is 0 Å². The number of anilines is 2. The maximum absolute atomic E-state index is 12.0. The van der Waals surface area contributed by atoms with Gasteiger partial charge in [0.25, 0.3) is 5.91 Å². The molecule has 0 saturated heterocycles. The highest BCUT2D eigenvalue weighted by atomic mass is 16.5. The zero-order valence-electron chi connectivity index (χ0n) is 15.6. The van der Waals surface area contributed by atoms with Gasteiger partial charge in [0, 0.05) is 17.6 Å². The Morgan fingerprint density at radius 2 is 1.67 bits per heavy atom. The third-order valence-electron chi connectivity index (χ3n) is 4.25. The van der Waals surface area contributed by atoms with Crippen LogP contribution in [0.1, 0.15) is 15.9 Å². The number of rotatable bonds is 6. The van der Waals surface area contributed by atoms with E-state index >= 15 is 0 Å². The summed E-state index contributed by atoms with van der Waals surface area (Å²) in [6.07, 6.45) is 1.45. The molecule has 2 aromatic carbocycles. The normalized spacial score (nSPS) is 10.5. The van der Waals surface area contributed by atoms with Crippen LogP contribution in [0.25, 0.3) is 10.9 Å². The minimum absolute atomic E-state index is 0.262. The maximum Gasteiger partial charge on any atom is 0.252 e. The average Bonchev–Trinajstić information content (AvgIpc) is 2.67. The first kappa shape index (κ1) is 18.3. The molecule has 3 rings (SSSR count). The predicted octanol–water partition coefficient (Wildman–Crippen LogP) is 3.41. The Morgan fingerprint density at radius 1 is 1.00 bits per heavy atom. The molecule has 3 N–H and O–H groups in total. The number of hydrogen-bond donors (Lipinski definition) is 2. The number of ether oxygens (including phenoxy) is 3. The predicted molar refractivity (Wildman–Crippen MR) is 104 cm³/mol. The molecule has 0 unspecified atom stereocenters. The van der Waals surface area contributed by atoms with Gasteiger partial charge in [0.05, 0.1) is 43.8 Å². The number of nitrogens with two attached hydrogens (primary N) is 1. The fourth-order valence-corrected chi connectivity index (χ4v) is 2.89. The Balaban J connectivity index is 2.27. The van der Waals surface area contributed by atoms with E-state index in [4.69, 9.17) is 19.9 Å². The van der Waals surface area contributed by atoms with Gasteiger partial charge in [0.1, 0.15) is 5.75 Å². The van der Waals surface area contributed by atoms with Crippen molar-refractivity contribution in [1.29, 1.82) is 0 Å². The lowest BCUT2D eigenvalue weighted by Crippen LogP contribution is -2.14. The molecule has 7 heteroatoms. The standard InChI is InChI=1S/C20H21N3O4/c1-11-5-6-16(25-2)15(7-11)23-19-12-8-17(26-3)18(27-4)9-14(12)22-10-13(19)20(21)24/h5-10H,1-4H3,(H2,21,24)(H,22,23). The number of pyridine rings is 1. The molecule has 27 heavy (non-hydrogen) atoms. The van der Waals surface area contributed by atoms with Crippen LogP contribution < -0.4 is 25.3 Å². The minimum atomic E-state index is -0.590. The van der Waals surface area contributed by atoms with Crippen LogP contribution in [0.3, 0.4) is 0 Å². The van der Waals surface area contributed by atoms with Gasteiger partial charge < -0.3 is 25.3 Å². The second-order valence-corrected chi connectivity index (χ2v) is 5.96. The van der Waals surface area contributed by atoms with Crippen LogP contribution in [0, 0.1) is 6.92 Å². The van der Waals surface area contributed by atoms with Crippen molar-refractivity contribution in [1.82, 2.24) is 4.98 Å². The molecule has 0 atom stereocenters. The van der Waals surface area contributed by atoms with Gasteiger partial charge in [0.2, 0.25) is 0 Å². The highest BCUT2D eigenvalue weighted by Gasteiger charge is 2.18. The number of methoxy groups -OCH3 is 3. The van der Waals surface area contributed by atoms with Crippen LogP contribution in [0.5, 0.6) is 17.2 Å². The SMILES string of the molecule is COc1ccc(C)cc1Nc1c(C(N)=O)cnc2cc(OC)c(OC)cc12. The topological polar surface area (TPSA) is 95.7 Å². The van der Waals surface area contributed by atoms with E-state index in [1.54, 1.807) is 33.5 Å². The van der Waals surface area contributed by atoms with E-state index in [1.165, 1.54) is 6.20 Å². The quantitative estimate of drug-likeness (QED) is 0.693. The summed E-state index contributed by atoms with van der Waals surface area (Å²) in [4.78, 5) is 16.4. The summed E-state index contributed by atoms with van der Waals surface area (Å²) >= 11 is 0. The van der Waals surface area contributed by atoms with E-state index < -0.39 is 5.91 Å². The van der Waals surface area contributed by atoms with Crippen molar-refractivity contribution in [3.05, 3.63) is 47.7 Å². The number of nitrogens with one attached hydrogen (secondary N) is 1. The van der Waals surface area contributed by atoms with Gasteiger partial charge in [-0.1, -0.05) is 6.07 Å². The van der Waals surface area contributed by atoms with Crippen molar-refractivity contribution in [2.75, 3.05) is 26.6 Å². The Morgan fingerprint density at radius 3 is 2.30 bits per heavy atom. The van der Waals surface area contributed by atoms with Gasteiger partial charge in [-0.15, -0.1) is 0 Å². The van der Waals surface area contributed by atoms with Crippen molar-refractivity contribution in [3.8, 4) is 17.2 Å².